The van der Waals surface area contributed by atoms with Gasteiger partial charge < -0.3 is 18.5 Å². The normalized spacial score (nSPS) is 12.0. The highest BCUT2D eigenvalue weighted by atomic mass is 32.1. The third-order valence-electron chi connectivity index (χ3n) is 4.70. The first-order chi connectivity index (χ1) is 15.1. The van der Waals surface area contributed by atoms with Crippen LogP contribution in [0.1, 0.15) is 24.2 Å². The van der Waals surface area contributed by atoms with Gasteiger partial charge in [-0.3, -0.25) is 4.79 Å². The van der Waals surface area contributed by atoms with Gasteiger partial charge in [0, 0.05) is 18.5 Å². The van der Waals surface area contributed by atoms with E-state index in [-0.39, 0.29) is 5.56 Å². The van der Waals surface area contributed by atoms with Gasteiger partial charge in [0.25, 0.3) is 5.91 Å². The molecule has 0 bridgehead atoms. The smallest absolute Gasteiger partial charge is 0.349 e. The van der Waals surface area contributed by atoms with Gasteiger partial charge in [0.15, 0.2) is 4.80 Å². The van der Waals surface area contributed by atoms with Crippen LogP contribution in [-0.2, 0) is 11.3 Å². The van der Waals surface area contributed by atoms with Crippen molar-refractivity contribution in [2.24, 2.45) is 4.99 Å². The summed E-state index contributed by atoms with van der Waals surface area (Å²) in [5.74, 6) is 0.0704. The van der Waals surface area contributed by atoms with Crippen LogP contribution in [-0.4, -0.2) is 30.3 Å². The number of amides is 1. The second kappa shape index (κ2) is 9.28. The predicted octanol–water partition coefficient (Wildman–Crippen LogP) is 3.99. The summed E-state index contributed by atoms with van der Waals surface area (Å²) >= 11 is 1.36. The molecule has 0 radical (unpaired) electrons. The molecule has 0 saturated carbocycles. The predicted molar refractivity (Wildman–Crippen MR) is 120 cm³/mol. The molecule has 0 saturated heterocycles. The van der Waals surface area contributed by atoms with Crippen molar-refractivity contribution in [3.63, 3.8) is 0 Å². The lowest BCUT2D eigenvalue weighted by molar-refractivity contribution is 0.0993. The Morgan fingerprint density at radius 2 is 1.97 bits per heavy atom. The number of carbonyl (C=O) groups is 1. The van der Waals surface area contributed by atoms with Crippen molar-refractivity contribution in [2.45, 2.75) is 20.4 Å². The lowest BCUT2D eigenvalue weighted by Crippen LogP contribution is -2.21. The molecule has 31 heavy (non-hydrogen) atoms. The van der Waals surface area contributed by atoms with Crippen LogP contribution in [0.3, 0.4) is 0 Å². The number of nitrogens with zero attached hydrogens (tertiary/aromatic N) is 2. The largest absolute Gasteiger partial charge is 0.492 e. The molecule has 0 unspecified atom stereocenters. The van der Waals surface area contributed by atoms with Crippen LogP contribution < -0.4 is 15.2 Å². The molecule has 0 aliphatic carbocycles. The zero-order valence-electron chi connectivity index (χ0n) is 17.3. The van der Waals surface area contributed by atoms with Gasteiger partial charge in [0.05, 0.1) is 17.9 Å². The van der Waals surface area contributed by atoms with Crippen LogP contribution in [0.2, 0.25) is 0 Å². The molecule has 7 nitrogen and oxygen atoms in total. The minimum atomic E-state index is -0.704. The van der Waals surface area contributed by atoms with E-state index >= 15 is 0 Å². The Labute approximate surface area is 182 Å². The van der Waals surface area contributed by atoms with Crippen molar-refractivity contribution in [3.8, 4) is 5.75 Å². The number of hydrogen-bond acceptors (Lipinski definition) is 6. The lowest BCUT2D eigenvalue weighted by Gasteiger charge is -2.09. The third-order valence-corrected chi connectivity index (χ3v) is 5.74. The number of aromatic nitrogens is 1. The fourth-order valence-corrected chi connectivity index (χ4v) is 4.39. The Hall–Kier alpha value is -3.23. The summed E-state index contributed by atoms with van der Waals surface area (Å²) in [6, 6.07) is 14.3. The van der Waals surface area contributed by atoms with Crippen LogP contribution in [0.15, 0.2) is 62.7 Å². The zero-order chi connectivity index (χ0) is 21.8. The molecule has 0 N–H and O–H groups in total. The molecule has 2 heterocycles. The van der Waals surface area contributed by atoms with Crippen molar-refractivity contribution in [1.29, 1.82) is 0 Å². The number of rotatable bonds is 7. The van der Waals surface area contributed by atoms with Gasteiger partial charge in [-0.2, -0.15) is 4.99 Å². The average molecular weight is 439 g/mol. The summed E-state index contributed by atoms with van der Waals surface area (Å²) in [4.78, 5) is 30.1. The zero-order valence-corrected chi connectivity index (χ0v) is 18.1. The SMILES string of the molecule is CCOCCn1c(=NC(=O)c2cc3ccccc3oc2=O)sc2cccc(OCC)c21. The molecule has 0 aliphatic rings. The van der Waals surface area contributed by atoms with Crippen LogP contribution in [0.5, 0.6) is 5.75 Å². The van der Waals surface area contributed by atoms with Crippen LogP contribution in [0, 0.1) is 0 Å². The molecule has 0 spiro atoms. The number of fused-ring (bicyclic) bond motifs is 2. The van der Waals surface area contributed by atoms with E-state index in [4.69, 9.17) is 13.9 Å². The lowest BCUT2D eigenvalue weighted by atomic mass is 10.2. The summed E-state index contributed by atoms with van der Waals surface area (Å²) in [5, 5.41) is 0.667. The second-order valence-corrected chi connectivity index (χ2v) is 7.68. The quantitative estimate of drug-likeness (QED) is 0.322. The Balaban J connectivity index is 1.85. The molecule has 0 fully saturated rings. The van der Waals surface area contributed by atoms with Crippen molar-refractivity contribution in [3.05, 3.63) is 69.3 Å². The number of ether oxygens (including phenoxy) is 2. The second-order valence-electron chi connectivity index (χ2n) is 6.67. The van der Waals surface area contributed by atoms with E-state index in [9.17, 15) is 9.59 Å². The summed E-state index contributed by atoms with van der Waals surface area (Å²) in [6.07, 6.45) is 0. The van der Waals surface area contributed by atoms with Gasteiger partial charge in [0.2, 0.25) is 0 Å². The topological polar surface area (TPSA) is 83.0 Å². The maximum Gasteiger partial charge on any atom is 0.349 e. The Morgan fingerprint density at radius 1 is 1.13 bits per heavy atom. The molecule has 0 atom stereocenters. The Bertz CT molecular complexity index is 1370. The van der Waals surface area contributed by atoms with E-state index in [1.54, 1.807) is 18.2 Å². The Morgan fingerprint density at radius 3 is 2.77 bits per heavy atom. The molecular weight excluding hydrogens is 416 g/mol. The third kappa shape index (κ3) is 4.30. The number of benzene rings is 2. The summed E-state index contributed by atoms with van der Waals surface area (Å²) in [5.41, 5.74) is 0.479. The fraction of sp³-hybridized carbons (Fsp3) is 0.261. The number of carbonyl (C=O) groups excluding carboxylic acids is 1. The number of para-hydroxylation sites is 2. The Kier molecular flexibility index (Phi) is 6.29. The summed E-state index contributed by atoms with van der Waals surface area (Å²) < 4.78 is 19.4. The van der Waals surface area contributed by atoms with Crippen LogP contribution in [0.25, 0.3) is 21.2 Å². The fourth-order valence-electron chi connectivity index (χ4n) is 3.32. The average Bonchev–Trinajstić information content (AvgIpc) is 3.11. The van der Waals surface area contributed by atoms with E-state index in [1.165, 1.54) is 17.4 Å². The van der Waals surface area contributed by atoms with Crippen LogP contribution in [0.4, 0.5) is 0 Å². The minimum Gasteiger partial charge on any atom is -0.492 e. The van der Waals surface area contributed by atoms with E-state index in [0.29, 0.717) is 47.9 Å². The molecule has 4 aromatic rings. The van der Waals surface area contributed by atoms with E-state index in [1.807, 2.05) is 42.7 Å². The minimum absolute atomic E-state index is 0.0995. The standard InChI is InChI=1S/C23H22N2O5S/c1-3-28-13-12-25-20-18(29-4-2)10-7-11-19(20)31-23(25)24-21(26)16-14-15-8-5-6-9-17(15)30-22(16)27/h5-11,14H,3-4,12-13H2,1-2H3. The first-order valence-electron chi connectivity index (χ1n) is 10.1. The van der Waals surface area contributed by atoms with Crippen molar-refractivity contribution < 1.29 is 18.7 Å². The molecule has 2 aromatic carbocycles. The maximum atomic E-state index is 13.0. The van der Waals surface area contributed by atoms with Crippen molar-refractivity contribution >= 4 is 38.4 Å². The van der Waals surface area contributed by atoms with Gasteiger partial charge in [0.1, 0.15) is 22.4 Å². The number of hydrogen-bond donors (Lipinski definition) is 0. The monoisotopic (exact) mass is 438 g/mol. The molecule has 2 aromatic heterocycles. The highest BCUT2D eigenvalue weighted by Gasteiger charge is 2.16. The first-order valence-corrected chi connectivity index (χ1v) is 10.9. The number of thiazole rings is 1. The van der Waals surface area contributed by atoms with E-state index < -0.39 is 11.5 Å². The van der Waals surface area contributed by atoms with Gasteiger partial charge in [-0.1, -0.05) is 35.6 Å². The summed E-state index contributed by atoms with van der Waals surface area (Å²) in [6.45, 7) is 5.91. The molecule has 1 amide bonds. The van der Waals surface area contributed by atoms with E-state index in [2.05, 4.69) is 4.99 Å². The van der Waals surface area contributed by atoms with Crippen LogP contribution >= 0.6 is 11.3 Å². The van der Waals surface area contributed by atoms with Crippen molar-refractivity contribution in [2.75, 3.05) is 19.8 Å². The van der Waals surface area contributed by atoms with Gasteiger partial charge in [-0.25, -0.2) is 4.79 Å². The van der Waals surface area contributed by atoms with Gasteiger partial charge in [-0.15, -0.1) is 0 Å². The highest BCUT2D eigenvalue weighted by Crippen LogP contribution is 2.27. The summed E-state index contributed by atoms with van der Waals surface area (Å²) in [7, 11) is 0. The van der Waals surface area contributed by atoms with Crippen molar-refractivity contribution in [1.82, 2.24) is 4.57 Å². The van der Waals surface area contributed by atoms with Gasteiger partial charge in [-0.05, 0) is 38.1 Å². The molecule has 160 valence electrons. The molecule has 4 rings (SSSR count). The van der Waals surface area contributed by atoms with Gasteiger partial charge >= 0.3 is 5.63 Å². The first kappa shape index (κ1) is 21.0. The van der Waals surface area contributed by atoms with E-state index in [0.717, 1.165) is 10.2 Å². The molecule has 8 heteroatoms. The maximum absolute atomic E-state index is 13.0. The molecule has 0 aliphatic heterocycles. The highest BCUT2D eigenvalue weighted by molar-refractivity contribution is 7.16. The molecular formula is C23H22N2O5S.